The van der Waals surface area contributed by atoms with Gasteiger partial charge in [-0.15, -0.1) is 0 Å². The molecule has 14 rings (SSSR count). The number of amides is 7. The van der Waals surface area contributed by atoms with Crippen molar-refractivity contribution in [1.82, 2.24) is 51.0 Å². The number of β-amino-alcohol motifs (C(OH)–C–C–N with tert-alkyl or cyclic N) is 4. The maximum Gasteiger partial charge on any atom is 0.417 e. The number of alkyl halides is 15. The van der Waals surface area contributed by atoms with E-state index in [2.05, 4.69) is 57.2 Å². The van der Waals surface area contributed by atoms with Gasteiger partial charge < -0.3 is 90.4 Å². The molecule has 0 bridgehead atoms. The third kappa shape index (κ3) is 28.5. The van der Waals surface area contributed by atoms with Crippen LogP contribution < -0.4 is 41.7 Å². The van der Waals surface area contributed by atoms with E-state index in [1.54, 1.807) is 6.07 Å². The van der Waals surface area contributed by atoms with Gasteiger partial charge in [0.2, 0.25) is 53.2 Å². The predicted molar refractivity (Wildman–Crippen MR) is 428 cm³/mol. The van der Waals surface area contributed by atoms with E-state index < -0.39 is 157 Å². The molecule has 12 heterocycles. The molecule has 7 amide bonds. The normalized spacial score (nSPS) is 24.7. The molecule has 0 unspecified atom stereocenters. The van der Waals surface area contributed by atoms with Gasteiger partial charge in [-0.1, -0.05) is 51.9 Å². The van der Waals surface area contributed by atoms with E-state index in [-0.39, 0.29) is 147 Å². The molecule has 0 radical (unpaired) electrons. The number of carbonyl (C=O) groups excluding carboxylic acids is 7. The van der Waals surface area contributed by atoms with E-state index >= 15 is 0 Å². The largest absolute Gasteiger partial charge is 0.417 e. The number of aromatic nitrogens is 5. The summed E-state index contributed by atoms with van der Waals surface area (Å²) in [5.41, 5.74) is -3.47. The summed E-state index contributed by atoms with van der Waals surface area (Å²) < 4.78 is 216. The first-order valence-electron chi connectivity index (χ1n) is 42.2. The van der Waals surface area contributed by atoms with Crippen molar-refractivity contribution < 1.29 is 138 Å². The Balaban J connectivity index is 0.000000168. The lowest BCUT2D eigenvalue weighted by atomic mass is 9.85. The number of halogens is 15. The molecule has 9 aliphatic rings. The Morgan fingerprint density at radius 2 is 0.828 bits per heavy atom. The van der Waals surface area contributed by atoms with Crippen molar-refractivity contribution in [2.24, 2.45) is 23.7 Å². The zero-order valence-corrected chi connectivity index (χ0v) is 71.1. The summed E-state index contributed by atoms with van der Waals surface area (Å²) >= 11 is 0. The molecule has 0 spiro atoms. The monoisotopic (exact) mass is 1840 g/mol. The number of nitrogens with one attached hydrogen (secondary N) is 6. The highest BCUT2D eigenvalue weighted by Crippen LogP contribution is 2.43. The summed E-state index contributed by atoms with van der Waals surface area (Å²) in [6.45, 7) is 15.5. The molecule has 2 aliphatic carbocycles. The third-order valence-electron chi connectivity index (χ3n) is 23.3. The van der Waals surface area contributed by atoms with E-state index in [0.29, 0.717) is 74.7 Å². The number of likely N-dealkylation sites (tertiary alicyclic amines) is 2. The van der Waals surface area contributed by atoms with Crippen molar-refractivity contribution in [3.8, 4) is 0 Å². The second kappa shape index (κ2) is 42.1. The van der Waals surface area contributed by atoms with Gasteiger partial charge in [0.05, 0.1) is 53.7 Å². The van der Waals surface area contributed by atoms with Crippen LogP contribution in [0.1, 0.15) is 179 Å². The Morgan fingerprint density at radius 3 is 1.20 bits per heavy atom. The number of hydrogen-bond acceptors (Lipinski definition) is 23. The quantitative estimate of drug-likeness (QED) is 0.0410. The van der Waals surface area contributed by atoms with Crippen molar-refractivity contribution in [3.05, 3.63) is 95.3 Å². The predicted octanol–water partition coefficient (Wildman–Crippen LogP) is 10.6. The van der Waals surface area contributed by atoms with Crippen LogP contribution in [0, 0.1) is 23.7 Å². The van der Waals surface area contributed by atoms with Gasteiger partial charge in [-0.3, -0.25) is 33.6 Å². The van der Waals surface area contributed by atoms with Crippen molar-refractivity contribution >= 4 is 70.4 Å². The van der Waals surface area contributed by atoms with Gasteiger partial charge in [0.1, 0.15) is 53.1 Å². The lowest BCUT2D eigenvalue weighted by Gasteiger charge is -2.32. The molecule has 0 aromatic carbocycles. The third-order valence-corrected chi connectivity index (χ3v) is 23.3. The number of aliphatic hydroxyl groups is 4. The Labute approximate surface area is 726 Å². The minimum Gasteiger partial charge on any atom is -0.392 e. The smallest absolute Gasteiger partial charge is 0.392 e. The molecule has 7 saturated heterocycles. The van der Waals surface area contributed by atoms with Gasteiger partial charge >= 0.3 is 18.5 Å². The SMILES string of the molecule is CC(C)(C)c1cc(NC(=O)[C@@H]2CC(F)(F)CN2C(=O)C2CCC(F)(F)CC2)no1.CC(C)(C)c1cc(NC(=O)[C@@H]2C[C@@H](O)CN2c2ccc(C(F)(F)F)cn2)no1.O=C(NCC1CCOCC1)[C@@H]1C[C@@H](O)CN1.O=C(NCC1CCOCC1)[C@@H]1C[C@@H](O)CN1C(=O)C1CCC(F)(F)CC1.O=C(Nc1ccc(C(F)(F)F)cn1)[C@H]1C[C@@H](O)CN1c1ccc(C(F)(F)F)cn1. The zero-order chi connectivity index (χ0) is 93.8. The van der Waals surface area contributed by atoms with Gasteiger partial charge in [-0.25, -0.2) is 41.3 Å². The lowest BCUT2D eigenvalue weighted by Crippen LogP contribution is -2.49. The fourth-order valence-electron chi connectivity index (χ4n) is 15.9. The summed E-state index contributed by atoms with van der Waals surface area (Å²) in [4.78, 5) is 104. The van der Waals surface area contributed by atoms with Crippen molar-refractivity contribution in [2.45, 2.75) is 252 Å². The molecule has 2 saturated carbocycles. The second-order valence-electron chi connectivity index (χ2n) is 35.6. The molecule has 5 aromatic rings. The molecule has 9 fully saturated rings. The number of nitrogens with zero attached hydrogens (tertiary/aromatic N) is 9. The standard InChI is InChI=1S/C19H25F4N3O3.C18H21F3N4O3.C18H28F2N2O4.C17H14F6N4O2.C11H20N2O3/c1-17(2,3)13-8-14(25-29-13)24-15(27)12-9-19(22,23)10-26(12)16(28)11-4-6-18(20,21)7-5-11;1-17(2,3)13-7-14(24-28-13)23-16(27)12-6-11(26)9-25(12)15-5-4-10(8-22-15)18(19,20)21;19-18(20)5-1-13(2-6-18)17(25)22-11-14(23)9-15(22)16(24)21-10-12-3-7-26-8-4-12;18-16(19,20)9-1-3-13(24-6-9)26-15(29)12-5-11(28)8-27(12)14-4-2-10(7-25-14)17(21,22)23;14-9-5-10(12-7-9)11(15)13-6-8-1-3-16-4-2-8/h8,11-12H,4-7,9-10H2,1-3H3,(H,24,25,27);4-5,7-8,11-12,26H,6,9H2,1-3H3,(H,23,24,27);12-15,23H,1-11H2,(H,21,24);1-4,6-7,11-12,28H,5,8H2,(H,24,26,29);8-10,12,14H,1-7H2,(H,13,15)/t12-;11-,12+;14-,15+;11-,12-;9-,10+/m01111/s1. The highest BCUT2D eigenvalue weighted by Gasteiger charge is 2.53. The average Bonchev–Trinajstić information content (AvgIpc) is 1.64. The summed E-state index contributed by atoms with van der Waals surface area (Å²) in [5, 5.41) is 62.9. The molecule has 5 aromatic heterocycles. The number of rotatable bonds is 16. The van der Waals surface area contributed by atoms with Crippen LogP contribution in [-0.2, 0) is 72.4 Å². The van der Waals surface area contributed by atoms with Crippen LogP contribution in [0.3, 0.4) is 0 Å². The molecule has 128 heavy (non-hydrogen) atoms. The van der Waals surface area contributed by atoms with Gasteiger partial charge in [-0.2, -0.15) is 39.5 Å². The highest BCUT2D eigenvalue weighted by molar-refractivity contribution is 5.99. The summed E-state index contributed by atoms with van der Waals surface area (Å²) in [6, 6.07) is 4.72. The van der Waals surface area contributed by atoms with Gasteiger partial charge in [0.15, 0.2) is 11.6 Å². The van der Waals surface area contributed by atoms with Crippen LogP contribution in [0.15, 0.2) is 76.2 Å². The lowest BCUT2D eigenvalue weighted by molar-refractivity contribution is -0.145. The molecular weight excluding hydrogens is 1730 g/mol. The van der Waals surface area contributed by atoms with Gasteiger partial charge in [0, 0.05) is 170 Å². The van der Waals surface area contributed by atoms with E-state index in [1.807, 2.05) is 41.5 Å². The number of anilines is 5. The fourth-order valence-corrected chi connectivity index (χ4v) is 15.9. The molecule has 710 valence electrons. The molecule has 45 heteroatoms. The Morgan fingerprint density at radius 1 is 0.445 bits per heavy atom. The van der Waals surface area contributed by atoms with Crippen molar-refractivity contribution in [2.75, 3.05) is 98.0 Å². The summed E-state index contributed by atoms with van der Waals surface area (Å²) in [5.74, 6) is -10.7. The van der Waals surface area contributed by atoms with Gasteiger partial charge in [-0.05, 0) is 106 Å². The van der Waals surface area contributed by atoms with Crippen LogP contribution in [0.25, 0.3) is 0 Å². The van der Waals surface area contributed by atoms with Crippen LogP contribution in [0.4, 0.5) is 94.9 Å². The van der Waals surface area contributed by atoms with Crippen LogP contribution >= 0.6 is 0 Å². The number of pyridine rings is 3. The van der Waals surface area contributed by atoms with Gasteiger partial charge in [0.25, 0.3) is 5.92 Å². The minimum atomic E-state index is -4.57. The first-order chi connectivity index (χ1) is 59.8. The maximum absolute atomic E-state index is 14.0. The molecule has 7 aliphatic heterocycles. The Hall–Kier alpha value is -9.57. The van der Waals surface area contributed by atoms with Crippen LogP contribution in [0.2, 0.25) is 0 Å². The Kier molecular flexibility index (Phi) is 33.1. The summed E-state index contributed by atoms with van der Waals surface area (Å²) in [6.07, 6.45) is -12.2. The van der Waals surface area contributed by atoms with E-state index in [4.69, 9.17) is 18.5 Å². The highest BCUT2D eigenvalue weighted by atomic mass is 19.4. The molecule has 10 N–H and O–H groups in total. The average molecular weight is 1840 g/mol. The van der Waals surface area contributed by atoms with E-state index in [0.717, 1.165) is 80.7 Å². The zero-order valence-electron chi connectivity index (χ0n) is 71.1. The number of hydrogen-bond donors (Lipinski definition) is 10. The number of ether oxygens (including phenoxy) is 2. The first-order valence-corrected chi connectivity index (χ1v) is 42.2. The molecular formula is C83H108F15N15O15. The second-order valence-corrected chi connectivity index (χ2v) is 35.6. The fraction of sp³-hybridized carbons (Fsp3) is 0.663. The van der Waals surface area contributed by atoms with Crippen molar-refractivity contribution in [1.29, 1.82) is 0 Å². The van der Waals surface area contributed by atoms with E-state index in [1.165, 1.54) is 26.8 Å². The molecule has 30 nitrogen and oxygen atoms in total. The summed E-state index contributed by atoms with van der Waals surface area (Å²) in [7, 11) is 0. The maximum atomic E-state index is 14.0. The minimum absolute atomic E-state index is 0.0167. The van der Waals surface area contributed by atoms with E-state index in [9.17, 15) is 120 Å². The topological polar surface area (TPSA) is 395 Å². The van der Waals surface area contributed by atoms with Crippen molar-refractivity contribution in [3.63, 3.8) is 0 Å². The Bertz CT molecular complexity index is 4510. The van der Waals surface area contributed by atoms with Crippen LogP contribution in [0.5, 0.6) is 0 Å². The number of carbonyl (C=O) groups is 7. The van der Waals surface area contributed by atoms with Crippen LogP contribution in [-0.4, -0.2) is 241 Å². The number of aliphatic hydroxyl groups excluding tert-OH is 4. The first kappa shape index (κ1) is 101. The molecule has 9 atom stereocenters.